The predicted molar refractivity (Wildman–Crippen MR) is 57.4 cm³/mol. The Morgan fingerprint density at radius 2 is 2.40 bits per heavy atom. The molecule has 86 valence electrons. The number of hydrogen-bond donors (Lipinski definition) is 0. The van der Waals surface area contributed by atoms with Crippen molar-refractivity contribution in [3.05, 3.63) is 12.3 Å². The first-order chi connectivity index (χ1) is 7.18. The van der Waals surface area contributed by atoms with E-state index >= 15 is 0 Å². The van der Waals surface area contributed by atoms with Crippen LogP contribution in [0.4, 0.5) is 0 Å². The first kappa shape index (κ1) is 12.0. The molecule has 0 aromatic rings. The molecular formula is C11H19NO3. The molecule has 1 rings (SSSR count). The molecule has 4 nitrogen and oxygen atoms in total. The molecule has 1 aliphatic heterocycles. The van der Waals surface area contributed by atoms with Crippen molar-refractivity contribution in [2.75, 3.05) is 27.2 Å². The van der Waals surface area contributed by atoms with Gasteiger partial charge in [-0.1, -0.05) is 0 Å². The molecule has 4 heteroatoms. The standard InChI is InChI=1S/C11H19NO3/c1-12(2)7-6-11(13)15-9-10-5-3-4-8-14-10/h4,8,10H,3,5-7,9H2,1-2H3. The Hall–Kier alpha value is -1.03. The molecule has 0 fully saturated rings. The van der Waals surface area contributed by atoms with Crippen LogP contribution in [-0.4, -0.2) is 44.2 Å². The van der Waals surface area contributed by atoms with E-state index in [9.17, 15) is 4.79 Å². The van der Waals surface area contributed by atoms with E-state index in [0.29, 0.717) is 13.0 Å². The zero-order valence-electron chi connectivity index (χ0n) is 9.44. The first-order valence-electron chi connectivity index (χ1n) is 5.29. The van der Waals surface area contributed by atoms with E-state index in [0.717, 1.165) is 19.4 Å². The third-order valence-corrected chi connectivity index (χ3v) is 2.22. The number of hydrogen-bond acceptors (Lipinski definition) is 4. The smallest absolute Gasteiger partial charge is 0.307 e. The van der Waals surface area contributed by atoms with Gasteiger partial charge in [0.1, 0.15) is 12.7 Å². The van der Waals surface area contributed by atoms with E-state index in [1.165, 1.54) is 0 Å². The zero-order chi connectivity index (χ0) is 11.1. The second-order valence-electron chi connectivity index (χ2n) is 3.94. The van der Waals surface area contributed by atoms with Crippen LogP contribution in [-0.2, 0) is 14.3 Å². The highest BCUT2D eigenvalue weighted by Gasteiger charge is 2.13. The van der Waals surface area contributed by atoms with E-state index < -0.39 is 0 Å². The number of nitrogens with zero attached hydrogens (tertiary/aromatic N) is 1. The minimum atomic E-state index is -0.151. The summed E-state index contributed by atoms with van der Waals surface area (Å²) in [5.74, 6) is -0.151. The van der Waals surface area contributed by atoms with Crippen LogP contribution in [0.25, 0.3) is 0 Å². The SMILES string of the molecule is CN(C)CCC(=O)OCC1CCC=CO1. The average molecular weight is 213 g/mol. The highest BCUT2D eigenvalue weighted by molar-refractivity contribution is 5.69. The Labute approximate surface area is 90.8 Å². The quantitative estimate of drug-likeness (QED) is 0.643. The van der Waals surface area contributed by atoms with Crippen molar-refractivity contribution >= 4 is 5.97 Å². The number of esters is 1. The van der Waals surface area contributed by atoms with Crippen LogP contribution < -0.4 is 0 Å². The fourth-order valence-electron chi connectivity index (χ4n) is 1.28. The highest BCUT2D eigenvalue weighted by Crippen LogP contribution is 2.10. The Morgan fingerprint density at radius 3 is 3.00 bits per heavy atom. The fourth-order valence-corrected chi connectivity index (χ4v) is 1.28. The molecule has 0 saturated heterocycles. The van der Waals surface area contributed by atoms with Crippen molar-refractivity contribution in [2.45, 2.75) is 25.4 Å². The van der Waals surface area contributed by atoms with Crippen LogP contribution in [0.3, 0.4) is 0 Å². The zero-order valence-corrected chi connectivity index (χ0v) is 9.44. The molecule has 0 saturated carbocycles. The largest absolute Gasteiger partial charge is 0.495 e. The number of rotatable bonds is 5. The van der Waals surface area contributed by atoms with Crippen LogP contribution in [0.15, 0.2) is 12.3 Å². The molecule has 15 heavy (non-hydrogen) atoms. The van der Waals surface area contributed by atoms with Crippen molar-refractivity contribution < 1.29 is 14.3 Å². The van der Waals surface area contributed by atoms with Gasteiger partial charge in [0, 0.05) is 6.54 Å². The molecule has 1 aliphatic rings. The maximum Gasteiger partial charge on any atom is 0.307 e. The second kappa shape index (κ2) is 6.45. The molecule has 0 aliphatic carbocycles. The van der Waals surface area contributed by atoms with Crippen molar-refractivity contribution in [1.82, 2.24) is 4.90 Å². The maximum absolute atomic E-state index is 11.3. The summed E-state index contributed by atoms with van der Waals surface area (Å²) in [6.07, 6.45) is 6.07. The van der Waals surface area contributed by atoms with E-state index in [-0.39, 0.29) is 12.1 Å². The molecule has 0 radical (unpaired) electrons. The van der Waals surface area contributed by atoms with E-state index in [4.69, 9.17) is 9.47 Å². The Bertz CT molecular complexity index is 226. The summed E-state index contributed by atoms with van der Waals surface area (Å²) in [5.41, 5.74) is 0. The fraction of sp³-hybridized carbons (Fsp3) is 0.727. The van der Waals surface area contributed by atoms with Gasteiger partial charge in [0.25, 0.3) is 0 Å². The summed E-state index contributed by atoms with van der Waals surface area (Å²) in [6.45, 7) is 1.10. The number of carbonyl (C=O) groups is 1. The second-order valence-corrected chi connectivity index (χ2v) is 3.94. The van der Waals surface area contributed by atoms with Crippen LogP contribution in [0.2, 0.25) is 0 Å². The van der Waals surface area contributed by atoms with Crippen LogP contribution in [0.5, 0.6) is 0 Å². The molecule has 0 aromatic heterocycles. The third-order valence-electron chi connectivity index (χ3n) is 2.22. The number of ether oxygens (including phenoxy) is 2. The van der Waals surface area contributed by atoms with Crippen LogP contribution in [0.1, 0.15) is 19.3 Å². The predicted octanol–water partition coefficient (Wildman–Crippen LogP) is 1.17. The Balaban J connectivity index is 2.08. The van der Waals surface area contributed by atoms with Gasteiger partial charge in [0.2, 0.25) is 0 Å². The van der Waals surface area contributed by atoms with Crippen molar-refractivity contribution in [3.8, 4) is 0 Å². The van der Waals surface area contributed by atoms with Crippen molar-refractivity contribution in [3.63, 3.8) is 0 Å². The normalized spacial score (nSPS) is 20.1. The van der Waals surface area contributed by atoms with E-state index in [1.54, 1.807) is 6.26 Å². The van der Waals surface area contributed by atoms with Gasteiger partial charge < -0.3 is 14.4 Å². The molecule has 1 heterocycles. The topological polar surface area (TPSA) is 38.8 Å². The van der Waals surface area contributed by atoms with Gasteiger partial charge >= 0.3 is 5.97 Å². The lowest BCUT2D eigenvalue weighted by molar-refractivity contribution is -0.147. The lowest BCUT2D eigenvalue weighted by atomic mass is 10.2. The summed E-state index contributed by atoms with van der Waals surface area (Å²) in [5, 5.41) is 0. The lowest BCUT2D eigenvalue weighted by Crippen LogP contribution is -2.24. The monoisotopic (exact) mass is 213 g/mol. The highest BCUT2D eigenvalue weighted by atomic mass is 16.6. The average Bonchev–Trinajstić information content (AvgIpc) is 2.25. The Kier molecular flexibility index (Phi) is 5.18. The molecule has 0 N–H and O–H groups in total. The molecular weight excluding hydrogens is 194 g/mol. The van der Waals surface area contributed by atoms with Crippen molar-refractivity contribution in [1.29, 1.82) is 0 Å². The molecule has 1 unspecified atom stereocenters. The molecule has 0 amide bonds. The third kappa shape index (κ3) is 5.42. The molecule has 1 atom stereocenters. The summed E-state index contributed by atoms with van der Waals surface area (Å²) in [6, 6.07) is 0. The molecule has 0 spiro atoms. The van der Waals surface area contributed by atoms with Crippen LogP contribution in [0, 0.1) is 0 Å². The van der Waals surface area contributed by atoms with Gasteiger partial charge in [-0.3, -0.25) is 4.79 Å². The summed E-state index contributed by atoms with van der Waals surface area (Å²) < 4.78 is 10.4. The number of carbonyl (C=O) groups excluding carboxylic acids is 1. The first-order valence-corrected chi connectivity index (χ1v) is 5.29. The van der Waals surface area contributed by atoms with Crippen molar-refractivity contribution in [2.24, 2.45) is 0 Å². The minimum Gasteiger partial charge on any atom is -0.495 e. The van der Waals surface area contributed by atoms with Gasteiger partial charge in [0.15, 0.2) is 0 Å². The number of allylic oxidation sites excluding steroid dienone is 1. The molecule has 0 bridgehead atoms. The summed E-state index contributed by atoms with van der Waals surface area (Å²) in [7, 11) is 3.87. The van der Waals surface area contributed by atoms with E-state index in [1.807, 2.05) is 25.1 Å². The van der Waals surface area contributed by atoms with E-state index in [2.05, 4.69) is 0 Å². The van der Waals surface area contributed by atoms with Gasteiger partial charge in [-0.15, -0.1) is 0 Å². The molecule has 0 aromatic carbocycles. The summed E-state index contributed by atoms with van der Waals surface area (Å²) in [4.78, 5) is 13.2. The maximum atomic E-state index is 11.3. The Morgan fingerprint density at radius 1 is 1.60 bits per heavy atom. The minimum absolute atomic E-state index is 0.0401. The van der Waals surface area contributed by atoms with Gasteiger partial charge in [-0.2, -0.15) is 0 Å². The van der Waals surface area contributed by atoms with Gasteiger partial charge in [0.05, 0.1) is 12.7 Å². The van der Waals surface area contributed by atoms with Crippen LogP contribution >= 0.6 is 0 Å². The lowest BCUT2D eigenvalue weighted by Gasteiger charge is -2.19. The van der Waals surface area contributed by atoms with Gasteiger partial charge in [-0.05, 0) is 33.0 Å². The summed E-state index contributed by atoms with van der Waals surface area (Å²) >= 11 is 0. The van der Waals surface area contributed by atoms with Gasteiger partial charge in [-0.25, -0.2) is 0 Å².